The van der Waals surface area contributed by atoms with Gasteiger partial charge in [0.15, 0.2) is 6.17 Å². The summed E-state index contributed by atoms with van der Waals surface area (Å²) >= 11 is 0.703. The first-order valence-electron chi connectivity index (χ1n) is 10.5. The van der Waals surface area contributed by atoms with E-state index in [1.165, 1.54) is 18.0 Å². The molecule has 3 amide bonds. The van der Waals surface area contributed by atoms with Crippen LogP contribution in [-0.4, -0.2) is 64.8 Å². The second kappa shape index (κ2) is 8.86. The number of thioether (sulfide) groups is 1. The SMILES string of the molecule is CN1CC[C@@H](Nc2cccc3c(SC(F)(F)F)c(-c4noc([C@H]5CNC(=O)N5)n4)sc23)[C@@H](F)C1=O. The summed E-state index contributed by atoms with van der Waals surface area (Å²) in [6.07, 6.45) is -1.43. The zero-order valence-electron chi connectivity index (χ0n) is 18.0. The minimum absolute atomic E-state index is 0.0575. The summed E-state index contributed by atoms with van der Waals surface area (Å²) in [5.74, 6) is -0.644. The standard InChI is InChI=1S/C20H18F4N6O3S2/c1-30-6-5-9(12(21)18(30)31)26-10-4-2-3-8-13(10)34-15(14(8)35-20(22,23)24)16-28-17(33-29-16)11-7-25-19(32)27-11/h2-4,9,11-12,26H,5-7H2,1H3,(H2,25,27,32)/t9-,11-,12-/m1/s1. The Balaban J connectivity index is 1.54. The zero-order valence-corrected chi connectivity index (χ0v) is 19.6. The maximum absolute atomic E-state index is 14.7. The average Bonchev–Trinajstić information content (AvgIpc) is 3.52. The van der Waals surface area contributed by atoms with E-state index in [0.29, 0.717) is 23.4 Å². The Bertz CT molecular complexity index is 1300. The Morgan fingerprint density at radius 3 is 2.83 bits per heavy atom. The number of urea groups is 1. The molecular weight excluding hydrogens is 512 g/mol. The van der Waals surface area contributed by atoms with E-state index in [9.17, 15) is 27.2 Å². The molecule has 4 heterocycles. The monoisotopic (exact) mass is 530 g/mol. The van der Waals surface area contributed by atoms with Crippen molar-refractivity contribution in [3.8, 4) is 10.7 Å². The highest BCUT2D eigenvalue weighted by Gasteiger charge is 2.37. The van der Waals surface area contributed by atoms with Crippen molar-refractivity contribution in [2.24, 2.45) is 0 Å². The number of thiophene rings is 1. The molecule has 2 fully saturated rings. The quantitative estimate of drug-likeness (QED) is 0.339. The predicted molar refractivity (Wildman–Crippen MR) is 121 cm³/mol. The van der Waals surface area contributed by atoms with Crippen LogP contribution in [0.3, 0.4) is 0 Å². The van der Waals surface area contributed by atoms with Crippen LogP contribution in [-0.2, 0) is 4.79 Å². The number of nitrogens with zero attached hydrogens (tertiary/aromatic N) is 3. The van der Waals surface area contributed by atoms with Crippen LogP contribution in [0.4, 0.5) is 28.0 Å². The number of hydrogen-bond acceptors (Lipinski definition) is 8. The van der Waals surface area contributed by atoms with E-state index in [4.69, 9.17) is 4.52 Å². The topological polar surface area (TPSA) is 112 Å². The minimum atomic E-state index is -4.59. The normalized spacial score (nSPS) is 23.0. The molecule has 2 aliphatic rings. The third kappa shape index (κ3) is 4.61. The van der Waals surface area contributed by atoms with Crippen LogP contribution in [0, 0.1) is 0 Å². The van der Waals surface area contributed by atoms with E-state index in [1.54, 1.807) is 12.1 Å². The van der Waals surface area contributed by atoms with Crippen LogP contribution in [0.2, 0.25) is 0 Å². The van der Waals surface area contributed by atoms with E-state index in [-0.39, 0.29) is 45.2 Å². The molecule has 0 saturated carbocycles. The highest BCUT2D eigenvalue weighted by Crippen LogP contribution is 2.50. The molecule has 9 nitrogen and oxygen atoms in total. The van der Waals surface area contributed by atoms with Crippen molar-refractivity contribution >= 4 is 50.8 Å². The third-order valence-corrected chi connectivity index (χ3v) is 7.91. The van der Waals surface area contributed by atoms with Crippen LogP contribution in [0.1, 0.15) is 18.4 Å². The minimum Gasteiger partial charge on any atom is -0.378 e. The molecule has 2 aliphatic heterocycles. The molecule has 5 rings (SSSR count). The Hall–Kier alpha value is -3.07. The second-order valence-corrected chi connectivity index (χ2v) is 10.2. The summed E-state index contributed by atoms with van der Waals surface area (Å²) in [5.41, 5.74) is -4.18. The molecule has 186 valence electrons. The fourth-order valence-corrected chi connectivity index (χ4v) is 6.07. The summed E-state index contributed by atoms with van der Waals surface area (Å²) in [6, 6.07) is 2.89. The van der Waals surface area contributed by atoms with Gasteiger partial charge >= 0.3 is 11.5 Å². The maximum atomic E-state index is 14.7. The van der Waals surface area contributed by atoms with Gasteiger partial charge in [-0.2, -0.15) is 18.2 Å². The van der Waals surface area contributed by atoms with Gasteiger partial charge in [-0.05, 0) is 24.2 Å². The molecule has 0 aliphatic carbocycles. The molecule has 3 N–H and O–H groups in total. The predicted octanol–water partition coefficient (Wildman–Crippen LogP) is 3.90. The highest BCUT2D eigenvalue weighted by molar-refractivity contribution is 8.00. The molecule has 1 aromatic carbocycles. The first-order chi connectivity index (χ1) is 16.6. The number of halogens is 4. The van der Waals surface area contributed by atoms with Crippen molar-refractivity contribution in [1.29, 1.82) is 0 Å². The van der Waals surface area contributed by atoms with E-state index in [1.807, 2.05) is 0 Å². The van der Waals surface area contributed by atoms with E-state index in [0.717, 1.165) is 11.3 Å². The Kier molecular flexibility index (Phi) is 5.99. The van der Waals surface area contributed by atoms with E-state index in [2.05, 4.69) is 26.1 Å². The summed E-state index contributed by atoms with van der Waals surface area (Å²) in [4.78, 5) is 29.0. The molecule has 15 heteroatoms. The van der Waals surface area contributed by atoms with Crippen molar-refractivity contribution in [3.05, 3.63) is 24.1 Å². The summed E-state index contributed by atoms with van der Waals surface area (Å²) < 4.78 is 60.8. The fourth-order valence-electron chi connectivity index (χ4n) is 3.96. The van der Waals surface area contributed by atoms with Crippen LogP contribution in [0.15, 0.2) is 27.6 Å². The molecule has 0 unspecified atom stereocenters. The number of anilines is 1. The number of rotatable bonds is 5. The first kappa shape index (κ1) is 23.7. The summed E-state index contributed by atoms with van der Waals surface area (Å²) in [5, 5.41) is 12.3. The molecule has 35 heavy (non-hydrogen) atoms. The van der Waals surface area contributed by atoms with Crippen LogP contribution >= 0.6 is 23.1 Å². The van der Waals surface area contributed by atoms with Crippen LogP contribution in [0.25, 0.3) is 20.8 Å². The van der Waals surface area contributed by atoms with Gasteiger partial charge in [-0.25, -0.2) is 9.18 Å². The molecule has 0 bridgehead atoms. The number of fused-ring (bicyclic) bond motifs is 1. The molecule has 0 spiro atoms. The highest BCUT2D eigenvalue weighted by atomic mass is 32.2. The van der Waals surface area contributed by atoms with Gasteiger partial charge in [-0.15, -0.1) is 11.3 Å². The van der Waals surface area contributed by atoms with E-state index < -0.39 is 35.7 Å². The first-order valence-corrected chi connectivity index (χ1v) is 12.1. The van der Waals surface area contributed by atoms with Gasteiger partial charge in [0.25, 0.3) is 11.8 Å². The van der Waals surface area contributed by atoms with Gasteiger partial charge in [0, 0.05) is 30.4 Å². The molecular formula is C20H18F4N6O3S2. The van der Waals surface area contributed by atoms with Gasteiger partial charge in [-0.1, -0.05) is 17.3 Å². The number of alkyl halides is 4. The van der Waals surface area contributed by atoms with Gasteiger partial charge in [-0.3, -0.25) is 4.79 Å². The average molecular weight is 531 g/mol. The lowest BCUT2D eigenvalue weighted by atomic mass is 10.0. The number of amides is 3. The lowest BCUT2D eigenvalue weighted by molar-refractivity contribution is -0.138. The lowest BCUT2D eigenvalue weighted by Gasteiger charge is -2.32. The summed E-state index contributed by atoms with van der Waals surface area (Å²) in [7, 11) is 1.52. The largest absolute Gasteiger partial charge is 0.446 e. The van der Waals surface area contributed by atoms with Crippen molar-refractivity contribution in [3.63, 3.8) is 0 Å². The number of piperidine rings is 1. The molecule has 0 radical (unpaired) electrons. The van der Waals surface area contributed by atoms with Crippen LogP contribution in [0.5, 0.6) is 0 Å². The van der Waals surface area contributed by atoms with Crippen molar-refractivity contribution < 1.29 is 31.7 Å². The number of aromatic nitrogens is 2. The van der Waals surface area contributed by atoms with Gasteiger partial charge in [0.1, 0.15) is 6.04 Å². The molecule has 2 saturated heterocycles. The van der Waals surface area contributed by atoms with Crippen LogP contribution < -0.4 is 16.0 Å². The van der Waals surface area contributed by atoms with E-state index >= 15 is 0 Å². The number of carbonyl (C=O) groups excluding carboxylic acids is 2. The number of likely N-dealkylation sites (tertiary alicyclic amines) is 1. The fraction of sp³-hybridized carbons (Fsp3) is 0.400. The maximum Gasteiger partial charge on any atom is 0.446 e. The van der Waals surface area contributed by atoms with Crippen molar-refractivity contribution in [2.75, 3.05) is 25.5 Å². The molecule has 3 atom stereocenters. The second-order valence-electron chi connectivity index (χ2n) is 8.05. The number of benzene rings is 1. The number of nitrogens with one attached hydrogen (secondary N) is 3. The summed E-state index contributed by atoms with van der Waals surface area (Å²) in [6.45, 7) is 0.556. The molecule has 3 aromatic rings. The third-order valence-electron chi connectivity index (χ3n) is 5.68. The number of carbonyl (C=O) groups is 2. The Morgan fingerprint density at radius 2 is 2.11 bits per heavy atom. The van der Waals surface area contributed by atoms with Gasteiger partial charge < -0.3 is 25.4 Å². The Labute approximate surface area is 203 Å². The van der Waals surface area contributed by atoms with Crippen molar-refractivity contribution in [2.45, 2.75) is 35.1 Å². The lowest BCUT2D eigenvalue weighted by Crippen LogP contribution is -2.50. The Morgan fingerprint density at radius 1 is 1.31 bits per heavy atom. The smallest absolute Gasteiger partial charge is 0.378 e. The van der Waals surface area contributed by atoms with Crippen molar-refractivity contribution in [1.82, 2.24) is 25.7 Å². The molecule has 2 aromatic heterocycles. The van der Waals surface area contributed by atoms with Gasteiger partial charge in [0.2, 0.25) is 5.82 Å². The zero-order chi connectivity index (χ0) is 24.9. The number of hydrogen-bond donors (Lipinski definition) is 3. The van der Waals surface area contributed by atoms with Gasteiger partial charge in [0.05, 0.1) is 21.3 Å².